The van der Waals surface area contributed by atoms with E-state index in [1.165, 1.54) is 0 Å². The van der Waals surface area contributed by atoms with E-state index in [0.29, 0.717) is 21.7 Å². The van der Waals surface area contributed by atoms with Crippen LogP contribution in [0, 0.1) is 6.92 Å². The zero-order chi connectivity index (χ0) is 13.1. The Morgan fingerprint density at radius 3 is 2.72 bits per heavy atom. The van der Waals surface area contributed by atoms with E-state index < -0.39 is 0 Å². The predicted molar refractivity (Wildman–Crippen MR) is 78.1 cm³/mol. The van der Waals surface area contributed by atoms with E-state index >= 15 is 0 Å². The van der Waals surface area contributed by atoms with Crippen LogP contribution in [0.15, 0.2) is 30.5 Å². The smallest absolute Gasteiger partial charge is 0.222 e. The van der Waals surface area contributed by atoms with Crippen molar-refractivity contribution >= 4 is 39.1 Å². The maximum Gasteiger partial charge on any atom is 0.222 e. The number of alkyl halides is 1. The standard InChI is InChI=1S/C13H10BrCl2NO/c1-8-4-9(6-14)7-17-13(8)18-12-5-10(15)2-3-11(12)16/h2-5,7H,6H2,1H3. The summed E-state index contributed by atoms with van der Waals surface area (Å²) >= 11 is 15.3. The van der Waals surface area contributed by atoms with Crippen LogP contribution < -0.4 is 4.74 Å². The monoisotopic (exact) mass is 345 g/mol. The molecule has 0 aliphatic rings. The Bertz CT molecular complexity index is 575. The van der Waals surface area contributed by atoms with Crippen LogP contribution in [0.5, 0.6) is 11.6 Å². The number of rotatable bonds is 3. The van der Waals surface area contributed by atoms with Gasteiger partial charge in [-0.2, -0.15) is 0 Å². The van der Waals surface area contributed by atoms with Crippen LogP contribution in [-0.2, 0) is 5.33 Å². The highest BCUT2D eigenvalue weighted by Gasteiger charge is 2.08. The van der Waals surface area contributed by atoms with Gasteiger partial charge in [-0.3, -0.25) is 0 Å². The fraction of sp³-hybridized carbons (Fsp3) is 0.154. The van der Waals surface area contributed by atoms with Crippen LogP contribution in [0.25, 0.3) is 0 Å². The lowest BCUT2D eigenvalue weighted by molar-refractivity contribution is 0.459. The molecule has 0 aliphatic carbocycles. The Morgan fingerprint density at radius 2 is 2.06 bits per heavy atom. The second kappa shape index (κ2) is 5.91. The molecular formula is C13H10BrCl2NO. The van der Waals surface area contributed by atoms with E-state index in [4.69, 9.17) is 27.9 Å². The summed E-state index contributed by atoms with van der Waals surface area (Å²) in [5.74, 6) is 1.04. The fourth-order valence-electron chi connectivity index (χ4n) is 1.46. The average Bonchev–Trinajstić information content (AvgIpc) is 2.36. The minimum Gasteiger partial charge on any atom is -0.437 e. The van der Waals surface area contributed by atoms with E-state index in [1.54, 1.807) is 24.4 Å². The third-order valence-corrected chi connectivity index (χ3v) is 3.54. The molecule has 0 fully saturated rings. The summed E-state index contributed by atoms with van der Waals surface area (Å²) in [6.45, 7) is 1.94. The fourth-order valence-corrected chi connectivity index (χ4v) is 2.08. The topological polar surface area (TPSA) is 22.1 Å². The molecule has 94 valence electrons. The minimum atomic E-state index is 0.505. The molecule has 1 aromatic heterocycles. The van der Waals surface area contributed by atoms with Gasteiger partial charge in [0.1, 0.15) is 5.75 Å². The van der Waals surface area contributed by atoms with Crippen molar-refractivity contribution < 1.29 is 4.74 Å². The van der Waals surface area contributed by atoms with Crippen molar-refractivity contribution in [1.82, 2.24) is 4.98 Å². The summed E-state index contributed by atoms with van der Waals surface area (Å²) in [5.41, 5.74) is 2.04. The zero-order valence-electron chi connectivity index (χ0n) is 9.58. The highest BCUT2D eigenvalue weighted by atomic mass is 79.9. The van der Waals surface area contributed by atoms with Crippen LogP contribution in [0.3, 0.4) is 0 Å². The van der Waals surface area contributed by atoms with Crippen LogP contribution in [0.1, 0.15) is 11.1 Å². The van der Waals surface area contributed by atoms with Gasteiger partial charge in [0.15, 0.2) is 0 Å². The first-order chi connectivity index (χ1) is 8.60. The summed E-state index contributed by atoms with van der Waals surface area (Å²) in [5, 5.41) is 1.84. The number of halogens is 3. The highest BCUT2D eigenvalue weighted by molar-refractivity contribution is 9.08. The first-order valence-corrected chi connectivity index (χ1v) is 7.12. The van der Waals surface area contributed by atoms with Gasteiger partial charge in [0.05, 0.1) is 5.02 Å². The summed E-state index contributed by atoms with van der Waals surface area (Å²) in [6, 6.07) is 7.09. The largest absolute Gasteiger partial charge is 0.437 e. The van der Waals surface area contributed by atoms with Gasteiger partial charge >= 0.3 is 0 Å². The number of nitrogens with zero attached hydrogens (tertiary/aromatic N) is 1. The number of pyridine rings is 1. The Balaban J connectivity index is 2.31. The summed E-state index contributed by atoms with van der Waals surface area (Å²) in [4.78, 5) is 4.26. The molecule has 1 heterocycles. The van der Waals surface area contributed by atoms with E-state index in [9.17, 15) is 0 Å². The molecule has 0 aliphatic heterocycles. The third kappa shape index (κ3) is 3.16. The second-order valence-corrected chi connectivity index (χ2v) is 5.18. The Morgan fingerprint density at radius 1 is 1.28 bits per heavy atom. The number of benzene rings is 1. The summed E-state index contributed by atoms with van der Waals surface area (Å²) in [6.07, 6.45) is 1.76. The van der Waals surface area contributed by atoms with Gasteiger partial charge in [-0.05, 0) is 30.7 Å². The lowest BCUT2D eigenvalue weighted by atomic mass is 10.2. The normalized spacial score (nSPS) is 10.4. The molecule has 2 rings (SSSR count). The maximum absolute atomic E-state index is 6.04. The molecule has 0 unspecified atom stereocenters. The van der Waals surface area contributed by atoms with E-state index in [-0.39, 0.29) is 0 Å². The van der Waals surface area contributed by atoms with Gasteiger partial charge in [0, 0.05) is 28.2 Å². The van der Waals surface area contributed by atoms with Crippen molar-refractivity contribution in [3.8, 4) is 11.6 Å². The van der Waals surface area contributed by atoms with Crippen molar-refractivity contribution in [1.29, 1.82) is 0 Å². The van der Waals surface area contributed by atoms with E-state index in [0.717, 1.165) is 16.5 Å². The lowest BCUT2D eigenvalue weighted by Crippen LogP contribution is -1.93. The Hall–Kier alpha value is -0.770. The molecule has 0 atom stereocenters. The predicted octanol–water partition coefficient (Wildman–Crippen LogP) is 5.38. The van der Waals surface area contributed by atoms with Gasteiger partial charge in [0.25, 0.3) is 0 Å². The lowest BCUT2D eigenvalue weighted by Gasteiger charge is -2.10. The molecule has 0 bridgehead atoms. The minimum absolute atomic E-state index is 0.505. The number of hydrogen-bond acceptors (Lipinski definition) is 2. The van der Waals surface area contributed by atoms with Gasteiger partial charge in [-0.25, -0.2) is 4.98 Å². The van der Waals surface area contributed by atoms with Gasteiger partial charge in [-0.1, -0.05) is 39.1 Å². The quantitative estimate of drug-likeness (QED) is 0.695. The van der Waals surface area contributed by atoms with Crippen molar-refractivity contribution in [3.05, 3.63) is 51.6 Å². The summed E-state index contributed by atoms with van der Waals surface area (Å²) < 4.78 is 5.68. The van der Waals surface area contributed by atoms with Crippen molar-refractivity contribution in [3.63, 3.8) is 0 Å². The Labute approximate surface area is 124 Å². The van der Waals surface area contributed by atoms with Crippen molar-refractivity contribution in [2.24, 2.45) is 0 Å². The van der Waals surface area contributed by atoms with Crippen molar-refractivity contribution in [2.75, 3.05) is 0 Å². The maximum atomic E-state index is 6.04. The van der Waals surface area contributed by atoms with Gasteiger partial charge in [0.2, 0.25) is 5.88 Å². The third-order valence-electron chi connectivity index (χ3n) is 2.34. The molecule has 0 saturated heterocycles. The van der Waals surface area contributed by atoms with Crippen LogP contribution in [0.2, 0.25) is 10.0 Å². The van der Waals surface area contributed by atoms with Crippen LogP contribution in [-0.4, -0.2) is 4.98 Å². The highest BCUT2D eigenvalue weighted by Crippen LogP contribution is 2.32. The van der Waals surface area contributed by atoms with Gasteiger partial charge in [-0.15, -0.1) is 0 Å². The molecule has 5 heteroatoms. The molecular weight excluding hydrogens is 337 g/mol. The van der Waals surface area contributed by atoms with Crippen LogP contribution in [0.4, 0.5) is 0 Å². The van der Waals surface area contributed by atoms with E-state index in [2.05, 4.69) is 20.9 Å². The number of aryl methyl sites for hydroxylation is 1. The Kier molecular flexibility index (Phi) is 4.49. The summed E-state index contributed by atoms with van der Waals surface area (Å²) in [7, 11) is 0. The molecule has 0 amide bonds. The zero-order valence-corrected chi connectivity index (χ0v) is 12.7. The average molecular weight is 347 g/mol. The number of hydrogen-bond donors (Lipinski definition) is 0. The number of aromatic nitrogens is 1. The SMILES string of the molecule is Cc1cc(CBr)cnc1Oc1cc(Cl)ccc1Cl. The molecule has 0 saturated carbocycles. The molecule has 0 N–H and O–H groups in total. The second-order valence-electron chi connectivity index (χ2n) is 3.78. The van der Waals surface area contributed by atoms with Crippen molar-refractivity contribution in [2.45, 2.75) is 12.3 Å². The first kappa shape index (κ1) is 13.7. The molecule has 0 spiro atoms. The molecule has 1 aromatic carbocycles. The molecule has 2 aromatic rings. The van der Waals surface area contributed by atoms with Gasteiger partial charge < -0.3 is 4.74 Å². The first-order valence-electron chi connectivity index (χ1n) is 5.24. The van der Waals surface area contributed by atoms with E-state index in [1.807, 2.05) is 13.0 Å². The molecule has 18 heavy (non-hydrogen) atoms. The molecule has 2 nitrogen and oxygen atoms in total. The number of ether oxygens (including phenoxy) is 1. The van der Waals surface area contributed by atoms with Crippen LogP contribution >= 0.6 is 39.1 Å². The molecule has 0 radical (unpaired) electrons.